The molecule has 0 radical (unpaired) electrons. The number of unbranched alkanes of at least 4 members (excludes halogenated alkanes) is 1. The van der Waals surface area contributed by atoms with E-state index in [9.17, 15) is 9.59 Å². The number of hydrogen-bond acceptors (Lipinski definition) is 3. The van der Waals surface area contributed by atoms with Gasteiger partial charge in [0, 0.05) is 23.9 Å². The molecule has 2 aromatic rings. The lowest BCUT2D eigenvalue weighted by atomic mass is 9.92. The topological polar surface area (TPSA) is 40.6 Å². The van der Waals surface area contributed by atoms with Gasteiger partial charge in [-0.3, -0.25) is 9.59 Å². The van der Waals surface area contributed by atoms with Crippen LogP contribution in [0.4, 0.5) is 0 Å². The highest BCUT2D eigenvalue weighted by Crippen LogP contribution is 2.38. The van der Waals surface area contributed by atoms with Crippen molar-refractivity contribution in [2.24, 2.45) is 0 Å². The zero-order valence-corrected chi connectivity index (χ0v) is 18.8. The van der Waals surface area contributed by atoms with Crippen molar-refractivity contribution in [2.45, 2.75) is 65.5 Å². The van der Waals surface area contributed by atoms with Crippen LogP contribution in [0.15, 0.2) is 35.7 Å². The minimum atomic E-state index is -0.0714. The molecule has 1 atom stereocenters. The first kappa shape index (κ1) is 21.6. The van der Waals surface area contributed by atoms with E-state index < -0.39 is 0 Å². The molecule has 0 saturated heterocycles. The van der Waals surface area contributed by atoms with Gasteiger partial charge in [-0.05, 0) is 56.2 Å². The highest BCUT2D eigenvalue weighted by Gasteiger charge is 2.34. The van der Waals surface area contributed by atoms with Crippen LogP contribution in [0.5, 0.6) is 0 Å². The van der Waals surface area contributed by atoms with Crippen LogP contribution in [0.3, 0.4) is 0 Å². The summed E-state index contributed by atoms with van der Waals surface area (Å²) in [7, 11) is 0. The van der Waals surface area contributed by atoms with Crippen molar-refractivity contribution in [3.8, 4) is 0 Å². The van der Waals surface area contributed by atoms with Crippen LogP contribution in [0, 0.1) is 6.92 Å². The average molecular weight is 413 g/mol. The number of hydrogen-bond donors (Lipinski definition) is 0. The van der Waals surface area contributed by atoms with E-state index in [2.05, 4.69) is 49.6 Å². The number of thiophene rings is 1. The van der Waals surface area contributed by atoms with E-state index in [4.69, 9.17) is 0 Å². The lowest BCUT2D eigenvalue weighted by molar-refractivity contribution is -0.143. The molecule has 1 aromatic carbocycles. The Bertz CT molecular complexity index is 841. The highest BCUT2D eigenvalue weighted by atomic mass is 32.1. The monoisotopic (exact) mass is 412 g/mol. The van der Waals surface area contributed by atoms with Crippen LogP contribution in [0.2, 0.25) is 0 Å². The second-order valence-corrected chi connectivity index (χ2v) is 9.17. The fourth-order valence-electron chi connectivity index (χ4n) is 3.96. The van der Waals surface area contributed by atoms with E-state index in [0.717, 1.165) is 24.8 Å². The van der Waals surface area contributed by atoms with Crippen molar-refractivity contribution in [1.82, 2.24) is 9.80 Å². The molecule has 1 aliphatic heterocycles. The lowest BCUT2D eigenvalue weighted by Crippen LogP contribution is -2.48. The first-order valence-electron chi connectivity index (χ1n) is 10.6. The Kier molecular flexibility index (Phi) is 7.12. The maximum absolute atomic E-state index is 13.4. The zero-order chi connectivity index (χ0) is 21.0. The van der Waals surface area contributed by atoms with E-state index in [1.54, 1.807) is 16.2 Å². The third kappa shape index (κ3) is 4.89. The standard InChI is InChI=1S/C24H32N2O2S/c1-5-6-7-22(27)26(17(2)3)16-23(28)25-14-12-21-20(13-15-29-21)24(25)19-10-8-18(4)9-11-19/h8-11,13,15,17,24H,5-7,12,14,16H2,1-4H3/t24-/m1/s1. The van der Waals surface area contributed by atoms with Gasteiger partial charge in [-0.25, -0.2) is 0 Å². The molecule has 0 bridgehead atoms. The summed E-state index contributed by atoms with van der Waals surface area (Å²) in [5.74, 6) is 0.112. The van der Waals surface area contributed by atoms with Gasteiger partial charge in [-0.1, -0.05) is 43.2 Å². The van der Waals surface area contributed by atoms with Crippen LogP contribution in [-0.2, 0) is 16.0 Å². The second kappa shape index (κ2) is 9.57. The van der Waals surface area contributed by atoms with Gasteiger partial charge in [0.1, 0.15) is 6.54 Å². The van der Waals surface area contributed by atoms with E-state index in [-0.39, 0.29) is 30.4 Å². The van der Waals surface area contributed by atoms with E-state index in [0.29, 0.717) is 13.0 Å². The fraction of sp³-hybridized carbons (Fsp3) is 0.500. The van der Waals surface area contributed by atoms with Crippen LogP contribution in [0.25, 0.3) is 0 Å². The fourth-order valence-corrected chi connectivity index (χ4v) is 4.86. The van der Waals surface area contributed by atoms with Gasteiger partial charge in [-0.15, -0.1) is 11.3 Å². The largest absolute Gasteiger partial charge is 0.331 e. The molecule has 0 spiro atoms. The number of aryl methyl sites for hydroxylation is 1. The van der Waals surface area contributed by atoms with Gasteiger partial charge in [0.2, 0.25) is 11.8 Å². The van der Waals surface area contributed by atoms with E-state index in [1.807, 2.05) is 18.7 Å². The smallest absolute Gasteiger partial charge is 0.243 e. The molecule has 0 aliphatic carbocycles. The molecule has 0 unspecified atom stereocenters. The molecule has 5 heteroatoms. The quantitative estimate of drug-likeness (QED) is 0.645. The lowest BCUT2D eigenvalue weighted by Gasteiger charge is -2.38. The Balaban J connectivity index is 1.85. The maximum atomic E-state index is 13.4. The van der Waals surface area contributed by atoms with Gasteiger partial charge in [0.05, 0.1) is 6.04 Å². The van der Waals surface area contributed by atoms with Crippen LogP contribution >= 0.6 is 11.3 Å². The molecule has 2 amide bonds. The summed E-state index contributed by atoms with van der Waals surface area (Å²) in [5, 5.41) is 2.12. The first-order chi connectivity index (χ1) is 13.9. The highest BCUT2D eigenvalue weighted by molar-refractivity contribution is 7.10. The Morgan fingerprint density at radius 3 is 2.59 bits per heavy atom. The van der Waals surface area contributed by atoms with Gasteiger partial charge < -0.3 is 9.80 Å². The minimum Gasteiger partial charge on any atom is -0.331 e. The van der Waals surface area contributed by atoms with Crippen molar-refractivity contribution in [3.63, 3.8) is 0 Å². The van der Waals surface area contributed by atoms with Gasteiger partial charge in [0.25, 0.3) is 0 Å². The Morgan fingerprint density at radius 2 is 1.93 bits per heavy atom. The molecule has 1 aliphatic rings. The summed E-state index contributed by atoms with van der Waals surface area (Å²) in [4.78, 5) is 31.2. The number of nitrogens with zero attached hydrogens (tertiary/aromatic N) is 2. The predicted molar refractivity (Wildman–Crippen MR) is 119 cm³/mol. The molecular weight excluding hydrogens is 380 g/mol. The normalized spacial score (nSPS) is 16.0. The van der Waals surface area contributed by atoms with Crippen molar-refractivity contribution >= 4 is 23.2 Å². The van der Waals surface area contributed by atoms with E-state index >= 15 is 0 Å². The predicted octanol–water partition coefficient (Wildman–Crippen LogP) is 4.96. The number of carbonyl (C=O) groups excluding carboxylic acids is 2. The number of fused-ring (bicyclic) bond motifs is 1. The summed E-state index contributed by atoms with van der Waals surface area (Å²) in [5.41, 5.74) is 3.57. The molecule has 2 heterocycles. The van der Waals surface area contributed by atoms with Crippen LogP contribution in [-0.4, -0.2) is 40.7 Å². The molecule has 29 heavy (non-hydrogen) atoms. The summed E-state index contributed by atoms with van der Waals surface area (Å²) >= 11 is 1.77. The third-order valence-corrected chi connectivity index (χ3v) is 6.67. The van der Waals surface area contributed by atoms with Crippen molar-refractivity contribution < 1.29 is 9.59 Å². The summed E-state index contributed by atoms with van der Waals surface area (Å²) in [6.45, 7) is 8.98. The number of rotatable bonds is 7. The summed E-state index contributed by atoms with van der Waals surface area (Å²) < 4.78 is 0. The number of amides is 2. The molecule has 0 saturated carbocycles. The molecule has 0 N–H and O–H groups in total. The van der Waals surface area contributed by atoms with Crippen molar-refractivity contribution in [1.29, 1.82) is 0 Å². The van der Waals surface area contributed by atoms with Crippen LogP contribution in [0.1, 0.15) is 67.6 Å². The van der Waals surface area contributed by atoms with Crippen molar-refractivity contribution in [3.05, 3.63) is 57.3 Å². The Labute approximate surface area is 178 Å². The molecule has 156 valence electrons. The third-order valence-electron chi connectivity index (χ3n) is 5.67. The second-order valence-electron chi connectivity index (χ2n) is 8.17. The molecule has 1 aromatic heterocycles. The van der Waals surface area contributed by atoms with Gasteiger partial charge in [0.15, 0.2) is 0 Å². The first-order valence-corrected chi connectivity index (χ1v) is 11.5. The summed E-state index contributed by atoms with van der Waals surface area (Å²) in [6.07, 6.45) is 3.24. The number of benzene rings is 1. The Hall–Kier alpha value is -2.14. The minimum absolute atomic E-state index is 0.0163. The molecule has 4 nitrogen and oxygen atoms in total. The maximum Gasteiger partial charge on any atom is 0.243 e. The molecular formula is C24H32N2O2S. The SMILES string of the molecule is CCCCC(=O)N(CC(=O)N1CCc2sccc2[C@H]1c1ccc(C)cc1)C(C)C. The molecule has 0 fully saturated rings. The van der Waals surface area contributed by atoms with Gasteiger partial charge >= 0.3 is 0 Å². The number of carbonyl (C=O) groups is 2. The molecule has 3 rings (SSSR count). The average Bonchev–Trinajstić information content (AvgIpc) is 3.18. The van der Waals surface area contributed by atoms with Crippen molar-refractivity contribution in [2.75, 3.05) is 13.1 Å². The zero-order valence-electron chi connectivity index (χ0n) is 18.0. The van der Waals surface area contributed by atoms with E-state index in [1.165, 1.54) is 16.0 Å². The Morgan fingerprint density at radius 1 is 1.21 bits per heavy atom. The van der Waals surface area contributed by atoms with Crippen LogP contribution < -0.4 is 0 Å². The van der Waals surface area contributed by atoms with Gasteiger partial charge in [-0.2, -0.15) is 0 Å². The summed E-state index contributed by atoms with van der Waals surface area (Å²) in [6, 6.07) is 10.6.